The van der Waals surface area contributed by atoms with Crippen molar-refractivity contribution in [3.63, 3.8) is 0 Å². The zero-order chi connectivity index (χ0) is 19.9. The van der Waals surface area contributed by atoms with Gasteiger partial charge in [0.2, 0.25) is 0 Å². The molecule has 2 atom stereocenters. The molecule has 150 valence electrons. The van der Waals surface area contributed by atoms with Crippen LogP contribution in [0.1, 0.15) is 29.9 Å². The van der Waals surface area contributed by atoms with Crippen molar-refractivity contribution >= 4 is 23.4 Å². The Kier molecular flexibility index (Phi) is 5.05. The van der Waals surface area contributed by atoms with E-state index in [2.05, 4.69) is 19.9 Å². The Morgan fingerprint density at radius 1 is 1.39 bits per heavy atom. The van der Waals surface area contributed by atoms with E-state index in [4.69, 9.17) is 16.1 Å². The molecule has 2 aromatic heterocycles. The number of carboxylic acid groups (broad SMARTS) is 1. The van der Waals surface area contributed by atoms with Crippen LogP contribution in [0.3, 0.4) is 0 Å². The molecular weight excluding hydrogens is 380 g/mol. The molecule has 8 heteroatoms. The van der Waals surface area contributed by atoms with Crippen LogP contribution in [0.15, 0.2) is 22.9 Å². The number of aliphatic carboxylic acids is 1. The van der Waals surface area contributed by atoms with E-state index in [9.17, 15) is 9.90 Å². The predicted octanol–water partition coefficient (Wildman–Crippen LogP) is 3.14. The first-order valence-corrected chi connectivity index (χ1v) is 9.97. The SMILES string of the molecule is Cc1noc(C)c1CN1CC2CN(c3ncccc3Cl)CC2(CCC(=O)O)C1. The smallest absolute Gasteiger partial charge is 0.303 e. The number of fused-ring (bicyclic) bond motifs is 1. The van der Waals surface area contributed by atoms with Gasteiger partial charge in [-0.1, -0.05) is 16.8 Å². The Bertz CT molecular complexity index is 867. The van der Waals surface area contributed by atoms with Gasteiger partial charge in [0, 0.05) is 56.3 Å². The maximum Gasteiger partial charge on any atom is 0.303 e. The number of rotatable bonds is 6. The average Bonchev–Trinajstić information content (AvgIpc) is 3.26. The van der Waals surface area contributed by atoms with E-state index in [1.165, 1.54) is 0 Å². The van der Waals surface area contributed by atoms with Crippen molar-refractivity contribution < 1.29 is 14.4 Å². The number of likely N-dealkylation sites (tertiary alicyclic amines) is 1. The molecule has 0 amide bonds. The van der Waals surface area contributed by atoms with Gasteiger partial charge >= 0.3 is 5.97 Å². The first-order valence-electron chi connectivity index (χ1n) is 9.59. The molecule has 7 nitrogen and oxygen atoms in total. The second-order valence-electron chi connectivity index (χ2n) is 8.11. The van der Waals surface area contributed by atoms with Gasteiger partial charge < -0.3 is 14.5 Å². The van der Waals surface area contributed by atoms with Crippen molar-refractivity contribution in [2.24, 2.45) is 11.3 Å². The molecule has 2 fully saturated rings. The third kappa shape index (κ3) is 3.49. The third-order valence-electron chi connectivity index (χ3n) is 6.27. The minimum Gasteiger partial charge on any atom is -0.481 e. The molecule has 0 aliphatic carbocycles. The Hall–Kier alpha value is -2.12. The molecule has 2 aromatic rings. The molecule has 2 unspecified atom stereocenters. The summed E-state index contributed by atoms with van der Waals surface area (Å²) in [5.41, 5.74) is 1.99. The average molecular weight is 405 g/mol. The molecule has 0 bridgehead atoms. The fourth-order valence-electron chi connectivity index (χ4n) is 4.85. The normalized spacial score (nSPS) is 24.7. The van der Waals surface area contributed by atoms with E-state index in [0.717, 1.165) is 55.6 Å². The number of aromatic nitrogens is 2. The number of halogens is 1. The lowest BCUT2D eigenvalue weighted by Gasteiger charge is -2.29. The van der Waals surface area contributed by atoms with E-state index in [0.29, 0.717) is 17.4 Å². The summed E-state index contributed by atoms with van der Waals surface area (Å²) in [4.78, 5) is 20.4. The lowest BCUT2D eigenvalue weighted by molar-refractivity contribution is -0.137. The lowest BCUT2D eigenvalue weighted by atomic mass is 9.77. The van der Waals surface area contributed by atoms with E-state index >= 15 is 0 Å². The summed E-state index contributed by atoms with van der Waals surface area (Å²) in [7, 11) is 0. The first-order chi connectivity index (χ1) is 13.4. The van der Waals surface area contributed by atoms with Gasteiger partial charge in [0.25, 0.3) is 0 Å². The molecule has 0 spiro atoms. The Morgan fingerprint density at radius 3 is 2.89 bits per heavy atom. The van der Waals surface area contributed by atoms with Gasteiger partial charge in [-0.2, -0.15) is 0 Å². The third-order valence-corrected chi connectivity index (χ3v) is 6.56. The van der Waals surface area contributed by atoms with Crippen molar-refractivity contribution in [2.45, 2.75) is 33.2 Å². The molecule has 2 aliphatic heterocycles. The van der Waals surface area contributed by atoms with Gasteiger partial charge in [-0.05, 0) is 38.3 Å². The lowest BCUT2D eigenvalue weighted by Crippen LogP contribution is -2.35. The Labute approximate surface area is 169 Å². The molecule has 1 N–H and O–H groups in total. The monoisotopic (exact) mass is 404 g/mol. The van der Waals surface area contributed by atoms with Crippen LogP contribution in [-0.2, 0) is 11.3 Å². The summed E-state index contributed by atoms with van der Waals surface area (Å²) in [6.07, 6.45) is 2.59. The standard InChI is InChI=1S/C20H25ClN4O3/c1-13-16(14(2)28-23-13)10-24-8-15-9-25(19-17(21)4-3-7-22-19)12-20(15,11-24)6-5-18(26)27/h3-4,7,15H,5-6,8-12H2,1-2H3,(H,26,27). The zero-order valence-electron chi connectivity index (χ0n) is 16.2. The van der Waals surface area contributed by atoms with Gasteiger partial charge in [0.1, 0.15) is 11.6 Å². The molecule has 0 saturated carbocycles. The van der Waals surface area contributed by atoms with Crippen molar-refractivity contribution in [1.29, 1.82) is 0 Å². The highest BCUT2D eigenvalue weighted by atomic mass is 35.5. The molecule has 2 saturated heterocycles. The summed E-state index contributed by atoms with van der Waals surface area (Å²) >= 11 is 6.37. The van der Waals surface area contributed by atoms with E-state index in [-0.39, 0.29) is 11.8 Å². The quantitative estimate of drug-likeness (QED) is 0.791. The van der Waals surface area contributed by atoms with E-state index in [1.807, 2.05) is 26.0 Å². The largest absolute Gasteiger partial charge is 0.481 e. The van der Waals surface area contributed by atoms with E-state index < -0.39 is 5.97 Å². The van der Waals surface area contributed by atoms with Crippen LogP contribution in [0.25, 0.3) is 0 Å². The maximum absolute atomic E-state index is 11.3. The molecule has 2 aliphatic rings. The van der Waals surface area contributed by atoms with Crippen molar-refractivity contribution in [3.8, 4) is 0 Å². The summed E-state index contributed by atoms with van der Waals surface area (Å²) in [5, 5.41) is 14.0. The van der Waals surface area contributed by atoms with Gasteiger partial charge in [-0.15, -0.1) is 0 Å². The number of nitrogens with zero attached hydrogens (tertiary/aromatic N) is 4. The maximum atomic E-state index is 11.3. The molecular formula is C20H25ClN4O3. The van der Waals surface area contributed by atoms with Crippen molar-refractivity contribution in [2.75, 3.05) is 31.1 Å². The highest BCUT2D eigenvalue weighted by Gasteiger charge is 2.52. The fraction of sp³-hybridized carbons (Fsp3) is 0.550. The molecule has 0 radical (unpaired) electrons. The predicted molar refractivity (Wildman–Crippen MR) is 106 cm³/mol. The van der Waals surface area contributed by atoms with Crippen molar-refractivity contribution in [1.82, 2.24) is 15.0 Å². The van der Waals surface area contributed by atoms with Crippen LogP contribution in [0.2, 0.25) is 5.02 Å². The van der Waals surface area contributed by atoms with E-state index in [1.54, 1.807) is 6.20 Å². The van der Waals surface area contributed by atoms with Gasteiger partial charge in [-0.3, -0.25) is 9.69 Å². The topological polar surface area (TPSA) is 82.7 Å². The number of carbonyl (C=O) groups is 1. The molecule has 28 heavy (non-hydrogen) atoms. The summed E-state index contributed by atoms with van der Waals surface area (Å²) in [6.45, 7) is 8.09. The van der Waals surface area contributed by atoms with Gasteiger partial charge in [0.05, 0.1) is 10.7 Å². The number of pyridine rings is 1. The number of hydrogen-bond acceptors (Lipinski definition) is 6. The van der Waals surface area contributed by atoms with Gasteiger partial charge in [0.15, 0.2) is 0 Å². The summed E-state index contributed by atoms with van der Waals surface area (Å²) in [6, 6.07) is 3.68. The van der Waals surface area contributed by atoms with Crippen LogP contribution in [0.5, 0.6) is 0 Å². The Balaban J connectivity index is 1.55. The van der Waals surface area contributed by atoms with Gasteiger partial charge in [-0.25, -0.2) is 4.98 Å². The molecule has 4 rings (SSSR count). The minimum atomic E-state index is -0.744. The number of hydrogen-bond donors (Lipinski definition) is 1. The highest BCUT2D eigenvalue weighted by molar-refractivity contribution is 6.32. The summed E-state index contributed by atoms with van der Waals surface area (Å²) in [5.74, 6) is 1.29. The molecule has 4 heterocycles. The van der Waals surface area contributed by atoms with Crippen LogP contribution < -0.4 is 4.90 Å². The highest BCUT2D eigenvalue weighted by Crippen LogP contribution is 2.48. The van der Waals surface area contributed by atoms with Crippen molar-refractivity contribution in [3.05, 3.63) is 40.4 Å². The molecule has 0 aromatic carbocycles. The first kappa shape index (κ1) is 19.2. The minimum absolute atomic E-state index is 0.0712. The fourth-order valence-corrected chi connectivity index (χ4v) is 5.09. The van der Waals surface area contributed by atoms with Crippen LogP contribution in [0.4, 0.5) is 5.82 Å². The number of aryl methyl sites for hydroxylation is 2. The zero-order valence-corrected chi connectivity index (χ0v) is 16.9. The summed E-state index contributed by atoms with van der Waals surface area (Å²) < 4.78 is 5.31. The van der Waals surface area contributed by atoms with Crippen LogP contribution >= 0.6 is 11.6 Å². The second kappa shape index (κ2) is 7.37. The van der Waals surface area contributed by atoms with Crippen LogP contribution in [-0.4, -0.2) is 52.3 Å². The number of anilines is 1. The Morgan fingerprint density at radius 2 is 2.21 bits per heavy atom. The second-order valence-corrected chi connectivity index (χ2v) is 8.52. The van der Waals surface area contributed by atoms with Crippen LogP contribution in [0, 0.1) is 25.2 Å². The number of carboxylic acids is 1.